The molecule has 9 nitrogen and oxygen atoms in total. The molecule has 0 spiro atoms. The van der Waals surface area contributed by atoms with Crippen LogP contribution in [0.3, 0.4) is 0 Å². The number of rotatable bonds is 5. The second kappa shape index (κ2) is 8.21. The van der Waals surface area contributed by atoms with Crippen LogP contribution >= 0.6 is 11.6 Å². The minimum absolute atomic E-state index is 0.0886. The molecule has 0 saturated heterocycles. The van der Waals surface area contributed by atoms with Crippen molar-refractivity contribution in [3.05, 3.63) is 74.8 Å². The number of aryl methyl sites for hydroxylation is 1. The number of nitrogens with zero attached hydrogens (tertiary/aromatic N) is 7. The van der Waals surface area contributed by atoms with Gasteiger partial charge in [0.25, 0.3) is 0 Å². The van der Waals surface area contributed by atoms with Crippen LogP contribution in [0.5, 0.6) is 0 Å². The Morgan fingerprint density at radius 1 is 1.25 bits per heavy atom. The molecule has 36 heavy (non-hydrogen) atoms. The number of aromatic nitrogens is 6. The monoisotopic (exact) mass is 498 g/mol. The Morgan fingerprint density at radius 2 is 2.06 bits per heavy atom. The maximum atomic E-state index is 13.2. The number of para-hydroxylation sites is 1. The summed E-state index contributed by atoms with van der Waals surface area (Å²) in [7, 11) is 3.49. The number of pyridine rings is 1. The van der Waals surface area contributed by atoms with Crippen molar-refractivity contribution in [1.29, 1.82) is 10.7 Å². The molecular weight excluding hydrogens is 476 g/mol. The summed E-state index contributed by atoms with van der Waals surface area (Å²) in [4.78, 5) is 17.6. The maximum absolute atomic E-state index is 13.2. The fourth-order valence-corrected chi connectivity index (χ4v) is 5.07. The van der Waals surface area contributed by atoms with Crippen molar-refractivity contribution in [2.75, 3.05) is 0 Å². The molecule has 1 saturated carbocycles. The molecule has 0 radical (unpaired) electrons. The van der Waals surface area contributed by atoms with Gasteiger partial charge in [-0.2, -0.15) is 10.4 Å². The third-order valence-electron chi connectivity index (χ3n) is 6.93. The largest absolute Gasteiger partial charge is 0.348 e. The van der Waals surface area contributed by atoms with Gasteiger partial charge < -0.3 is 4.57 Å². The molecule has 5 aromatic rings. The molecular formula is C26H23ClN8O. The molecule has 0 unspecified atom stereocenters. The molecule has 6 rings (SSSR count). The van der Waals surface area contributed by atoms with E-state index in [1.807, 2.05) is 40.6 Å². The van der Waals surface area contributed by atoms with Crippen LogP contribution in [-0.2, 0) is 27.2 Å². The standard InChI is InChI=1S/C26H23ClN8O/c1-32-12-16(11-28)10-20(32)23-21-24(29)33(2)26(36)34(13-15-6-7-15)25(21)31-35(23)14-17-8-9-30-22-18(17)4-3-5-19(22)27/h3-5,8-10,12,15,29H,6-7,13-14H2,1-2H3. The highest BCUT2D eigenvalue weighted by Gasteiger charge is 2.27. The van der Waals surface area contributed by atoms with Crippen LogP contribution < -0.4 is 11.2 Å². The Labute approximate surface area is 210 Å². The quantitative estimate of drug-likeness (QED) is 0.399. The van der Waals surface area contributed by atoms with Gasteiger partial charge in [-0.25, -0.2) is 4.79 Å². The van der Waals surface area contributed by atoms with Crippen LogP contribution in [0, 0.1) is 22.7 Å². The molecule has 0 aliphatic heterocycles. The number of hydrogen-bond acceptors (Lipinski definition) is 5. The van der Waals surface area contributed by atoms with Crippen molar-refractivity contribution in [2.24, 2.45) is 20.0 Å². The lowest BCUT2D eigenvalue weighted by molar-refractivity contribution is 0.568. The molecule has 10 heteroatoms. The molecule has 1 fully saturated rings. The minimum Gasteiger partial charge on any atom is -0.348 e. The molecule has 0 amide bonds. The van der Waals surface area contributed by atoms with E-state index in [0.29, 0.717) is 51.8 Å². The molecule has 1 aliphatic rings. The molecule has 1 aromatic carbocycles. The van der Waals surface area contributed by atoms with Crippen molar-refractivity contribution in [1.82, 2.24) is 28.5 Å². The highest BCUT2D eigenvalue weighted by atomic mass is 35.5. The van der Waals surface area contributed by atoms with E-state index in [2.05, 4.69) is 11.1 Å². The topological polar surface area (TPSA) is 110 Å². The van der Waals surface area contributed by atoms with Crippen molar-refractivity contribution >= 4 is 33.5 Å². The Hall–Kier alpha value is -4.16. The van der Waals surface area contributed by atoms with Gasteiger partial charge >= 0.3 is 5.69 Å². The predicted molar refractivity (Wildman–Crippen MR) is 137 cm³/mol. The van der Waals surface area contributed by atoms with Crippen molar-refractivity contribution in [2.45, 2.75) is 25.9 Å². The summed E-state index contributed by atoms with van der Waals surface area (Å²) < 4.78 is 6.76. The Balaban J connectivity index is 1.67. The number of hydrogen-bond donors (Lipinski definition) is 1. The van der Waals surface area contributed by atoms with Gasteiger partial charge in [0, 0.05) is 38.4 Å². The van der Waals surface area contributed by atoms with Crippen LogP contribution in [0.1, 0.15) is 24.0 Å². The van der Waals surface area contributed by atoms with Crippen LogP contribution in [0.25, 0.3) is 33.3 Å². The predicted octanol–water partition coefficient (Wildman–Crippen LogP) is 3.55. The summed E-state index contributed by atoms with van der Waals surface area (Å²) >= 11 is 6.41. The second-order valence-corrected chi connectivity index (χ2v) is 9.80. The van der Waals surface area contributed by atoms with Gasteiger partial charge in [0.15, 0.2) is 5.65 Å². The SMILES string of the molecule is Cn1cc(C#N)cc1-c1c2c(=N)n(C)c(=O)n(CC3CC3)c2nn1Cc1ccnc2c(Cl)cccc12. The maximum Gasteiger partial charge on any atom is 0.331 e. The Kier molecular flexibility index (Phi) is 5.09. The summed E-state index contributed by atoms with van der Waals surface area (Å²) in [5, 5.41) is 25.4. The zero-order valence-corrected chi connectivity index (χ0v) is 20.6. The van der Waals surface area contributed by atoms with E-state index in [1.165, 1.54) is 4.57 Å². The number of nitrogens with one attached hydrogen (secondary N) is 1. The first-order valence-corrected chi connectivity index (χ1v) is 12.1. The smallest absolute Gasteiger partial charge is 0.331 e. The molecule has 0 bridgehead atoms. The van der Waals surface area contributed by atoms with E-state index < -0.39 is 0 Å². The van der Waals surface area contributed by atoms with Gasteiger partial charge in [0.1, 0.15) is 11.6 Å². The zero-order valence-electron chi connectivity index (χ0n) is 19.9. The number of halogens is 1. The molecule has 1 N–H and O–H groups in total. The van der Waals surface area contributed by atoms with Gasteiger partial charge in [-0.15, -0.1) is 0 Å². The van der Waals surface area contributed by atoms with E-state index in [-0.39, 0.29) is 11.2 Å². The summed E-state index contributed by atoms with van der Waals surface area (Å²) in [6.07, 6.45) is 5.65. The van der Waals surface area contributed by atoms with E-state index >= 15 is 0 Å². The number of benzene rings is 1. The van der Waals surface area contributed by atoms with E-state index in [1.54, 1.807) is 30.1 Å². The first-order valence-electron chi connectivity index (χ1n) is 11.7. The van der Waals surface area contributed by atoms with Crippen molar-refractivity contribution in [3.63, 3.8) is 0 Å². The van der Waals surface area contributed by atoms with Gasteiger partial charge in [-0.3, -0.25) is 24.2 Å². The fourth-order valence-electron chi connectivity index (χ4n) is 4.85. The van der Waals surface area contributed by atoms with Crippen LogP contribution in [0.4, 0.5) is 0 Å². The Bertz CT molecular complexity index is 1840. The first kappa shape index (κ1) is 22.3. The molecule has 4 heterocycles. The van der Waals surface area contributed by atoms with E-state index in [0.717, 1.165) is 29.5 Å². The summed E-state index contributed by atoms with van der Waals surface area (Å²) in [6, 6.07) is 11.6. The van der Waals surface area contributed by atoms with Crippen LogP contribution in [0.2, 0.25) is 5.02 Å². The van der Waals surface area contributed by atoms with E-state index in [9.17, 15) is 10.1 Å². The molecule has 4 aromatic heterocycles. The highest BCUT2D eigenvalue weighted by molar-refractivity contribution is 6.35. The average molecular weight is 499 g/mol. The Morgan fingerprint density at radius 3 is 2.78 bits per heavy atom. The van der Waals surface area contributed by atoms with Crippen LogP contribution in [-0.4, -0.2) is 28.5 Å². The molecule has 180 valence electrons. The average Bonchev–Trinajstić information content (AvgIpc) is 3.51. The third kappa shape index (κ3) is 3.45. The third-order valence-corrected chi connectivity index (χ3v) is 7.23. The lowest BCUT2D eigenvalue weighted by atomic mass is 10.1. The molecule has 0 atom stereocenters. The fraction of sp³-hybridized carbons (Fsp3) is 0.269. The van der Waals surface area contributed by atoms with Gasteiger partial charge in [-0.05, 0) is 42.5 Å². The van der Waals surface area contributed by atoms with Crippen molar-refractivity contribution in [3.8, 4) is 17.5 Å². The summed E-state index contributed by atoms with van der Waals surface area (Å²) in [5.41, 5.74) is 3.93. The number of nitriles is 1. The normalized spacial score (nSPS) is 13.5. The lowest BCUT2D eigenvalue weighted by Gasteiger charge is -2.11. The molecule has 1 aliphatic carbocycles. The number of fused-ring (bicyclic) bond motifs is 2. The van der Waals surface area contributed by atoms with Gasteiger partial charge in [0.05, 0.1) is 39.4 Å². The van der Waals surface area contributed by atoms with Gasteiger partial charge in [-0.1, -0.05) is 23.7 Å². The lowest BCUT2D eigenvalue weighted by Crippen LogP contribution is -2.38. The zero-order chi connectivity index (χ0) is 25.1. The summed E-state index contributed by atoms with van der Waals surface area (Å²) in [5.74, 6) is 0.447. The van der Waals surface area contributed by atoms with E-state index in [4.69, 9.17) is 22.1 Å². The summed E-state index contributed by atoms with van der Waals surface area (Å²) in [6.45, 7) is 0.946. The first-order chi connectivity index (χ1) is 17.4. The highest BCUT2D eigenvalue weighted by Crippen LogP contribution is 2.33. The minimum atomic E-state index is -0.249. The van der Waals surface area contributed by atoms with Crippen molar-refractivity contribution < 1.29 is 0 Å². The van der Waals surface area contributed by atoms with Crippen LogP contribution in [0.15, 0.2) is 47.5 Å². The van der Waals surface area contributed by atoms with Gasteiger partial charge in [0.2, 0.25) is 0 Å². The second-order valence-electron chi connectivity index (χ2n) is 9.39.